The zero-order valence-electron chi connectivity index (χ0n) is 14.1. The van der Waals surface area contributed by atoms with E-state index in [1.807, 2.05) is 0 Å². The molecule has 22 heavy (non-hydrogen) atoms. The van der Waals surface area contributed by atoms with Crippen molar-refractivity contribution in [1.82, 2.24) is 0 Å². The zero-order valence-corrected chi connectivity index (χ0v) is 14.1. The van der Waals surface area contributed by atoms with Crippen LogP contribution in [0.3, 0.4) is 0 Å². The predicted molar refractivity (Wildman–Crippen MR) is 87.0 cm³/mol. The lowest BCUT2D eigenvalue weighted by Crippen LogP contribution is -2.58. The second kappa shape index (κ2) is 4.96. The lowest BCUT2D eigenvalue weighted by atomic mass is 9.44. The molecule has 4 fully saturated rings. The standard InChI is InChI=1S/C19H31NO2/c1-18-10-4-3-5-12(18)6-7-13-14-8-9-16(20-22)19(14,2)11-15(21)17(13)18/h12-15,17,21-22H,3-11H2,1-2H3/b20-16-/t12-,13-,14-,15+,17+,18-,19-/m0/s1. The van der Waals surface area contributed by atoms with Crippen LogP contribution in [0.25, 0.3) is 0 Å². The summed E-state index contributed by atoms with van der Waals surface area (Å²) in [6.07, 6.45) is 10.7. The monoisotopic (exact) mass is 305 g/mol. The molecule has 4 aliphatic carbocycles. The van der Waals surface area contributed by atoms with Gasteiger partial charge in [-0.1, -0.05) is 31.8 Å². The van der Waals surface area contributed by atoms with Crippen LogP contribution in [0.2, 0.25) is 0 Å². The van der Waals surface area contributed by atoms with E-state index in [4.69, 9.17) is 0 Å². The van der Waals surface area contributed by atoms with Crippen molar-refractivity contribution < 1.29 is 10.3 Å². The third-order valence-electron chi connectivity index (χ3n) is 8.38. The average Bonchev–Trinajstić information content (AvgIpc) is 2.82. The van der Waals surface area contributed by atoms with E-state index in [9.17, 15) is 10.3 Å². The second-order valence-electron chi connectivity index (χ2n) is 9.10. The fourth-order valence-electron chi connectivity index (χ4n) is 7.37. The first-order valence-electron chi connectivity index (χ1n) is 9.40. The first-order valence-corrected chi connectivity index (χ1v) is 9.40. The average molecular weight is 305 g/mol. The van der Waals surface area contributed by atoms with Crippen molar-refractivity contribution in [3.8, 4) is 0 Å². The number of rotatable bonds is 0. The second-order valence-corrected chi connectivity index (χ2v) is 9.10. The van der Waals surface area contributed by atoms with Crippen LogP contribution in [0.15, 0.2) is 5.16 Å². The highest BCUT2D eigenvalue weighted by atomic mass is 16.4. The molecule has 0 amide bonds. The molecule has 4 saturated carbocycles. The van der Waals surface area contributed by atoms with E-state index < -0.39 is 0 Å². The summed E-state index contributed by atoms with van der Waals surface area (Å²) in [5, 5.41) is 24.1. The lowest BCUT2D eigenvalue weighted by molar-refractivity contribution is -0.153. The van der Waals surface area contributed by atoms with E-state index in [1.165, 1.54) is 38.5 Å². The van der Waals surface area contributed by atoms with Crippen LogP contribution >= 0.6 is 0 Å². The minimum Gasteiger partial charge on any atom is -0.411 e. The van der Waals surface area contributed by atoms with Crippen molar-refractivity contribution >= 4 is 5.71 Å². The van der Waals surface area contributed by atoms with E-state index in [0.29, 0.717) is 23.2 Å². The Morgan fingerprint density at radius 1 is 1.09 bits per heavy atom. The highest BCUT2D eigenvalue weighted by Crippen LogP contribution is 2.65. The van der Waals surface area contributed by atoms with Gasteiger partial charge in [0.1, 0.15) is 0 Å². The Labute approximate surface area is 134 Å². The summed E-state index contributed by atoms with van der Waals surface area (Å²) in [6.45, 7) is 4.73. The Hall–Kier alpha value is -0.570. The summed E-state index contributed by atoms with van der Waals surface area (Å²) >= 11 is 0. The molecule has 4 rings (SSSR count). The van der Waals surface area contributed by atoms with E-state index in [0.717, 1.165) is 30.9 Å². The molecule has 0 aromatic carbocycles. The summed E-state index contributed by atoms with van der Waals surface area (Å²) in [5.74, 6) is 2.55. The number of aliphatic hydroxyl groups excluding tert-OH is 1. The number of hydrogen-bond donors (Lipinski definition) is 2. The molecule has 0 saturated heterocycles. The molecule has 0 aromatic heterocycles. The molecule has 0 aliphatic heterocycles. The number of hydrogen-bond acceptors (Lipinski definition) is 3. The molecule has 124 valence electrons. The molecule has 0 aromatic rings. The summed E-state index contributed by atoms with van der Waals surface area (Å²) in [6, 6.07) is 0. The Kier molecular flexibility index (Phi) is 3.38. The molecule has 7 atom stereocenters. The van der Waals surface area contributed by atoms with Gasteiger partial charge in [0.25, 0.3) is 0 Å². The molecule has 4 aliphatic rings. The topological polar surface area (TPSA) is 52.8 Å². The molecular formula is C19H31NO2. The minimum absolute atomic E-state index is 0.0623. The van der Waals surface area contributed by atoms with Crippen molar-refractivity contribution in [2.24, 2.45) is 39.7 Å². The van der Waals surface area contributed by atoms with Crippen LogP contribution in [0.1, 0.15) is 71.6 Å². The Bertz CT molecular complexity index is 490. The van der Waals surface area contributed by atoms with E-state index in [2.05, 4.69) is 19.0 Å². The van der Waals surface area contributed by atoms with Gasteiger partial charge in [-0.25, -0.2) is 0 Å². The van der Waals surface area contributed by atoms with Crippen LogP contribution in [0.5, 0.6) is 0 Å². The van der Waals surface area contributed by atoms with E-state index >= 15 is 0 Å². The third-order valence-corrected chi connectivity index (χ3v) is 8.38. The quantitative estimate of drug-likeness (QED) is 0.520. The van der Waals surface area contributed by atoms with Gasteiger partial charge < -0.3 is 10.3 Å². The van der Waals surface area contributed by atoms with Crippen LogP contribution in [-0.2, 0) is 0 Å². The summed E-state index contributed by atoms with van der Waals surface area (Å²) in [7, 11) is 0. The van der Waals surface area contributed by atoms with Gasteiger partial charge in [-0.05, 0) is 74.0 Å². The van der Waals surface area contributed by atoms with E-state index in [1.54, 1.807) is 0 Å². The maximum absolute atomic E-state index is 11.1. The first-order chi connectivity index (χ1) is 10.5. The molecule has 3 nitrogen and oxygen atoms in total. The number of fused-ring (bicyclic) bond motifs is 5. The van der Waals surface area contributed by atoms with Crippen molar-refractivity contribution in [2.75, 3.05) is 0 Å². The molecule has 3 heteroatoms. The molecule has 0 unspecified atom stereocenters. The van der Waals surface area contributed by atoms with Gasteiger partial charge in [0.15, 0.2) is 0 Å². The minimum atomic E-state index is -0.216. The molecular weight excluding hydrogens is 274 g/mol. The first kappa shape index (κ1) is 15.0. The van der Waals surface area contributed by atoms with Crippen LogP contribution in [0.4, 0.5) is 0 Å². The fraction of sp³-hybridized carbons (Fsp3) is 0.947. The van der Waals surface area contributed by atoms with Gasteiger partial charge in [0.05, 0.1) is 11.8 Å². The maximum Gasteiger partial charge on any atom is 0.0633 e. The molecule has 0 radical (unpaired) electrons. The molecule has 2 N–H and O–H groups in total. The Balaban J connectivity index is 1.71. The highest BCUT2D eigenvalue weighted by Gasteiger charge is 2.62. The van der Waals surface area contributed by atoms with Crippen LogP contribution < -0.4 is 0 Å². The van der Waals surface area contributed by atoms with Crippen molar-refractivity contribution in [3.05, 3.63) is 0 Å². The SMILES string of the molecule is C[C@]12CCCC[C@H]1CC[C@@H]1[C@@H]2[C@H](O)C[C@]2(C)/C(=N\O)CC[C@@H]12. The van der Waals surface area contributed by atoms with Gasteiger partial charge in [-0.15, -0.1) is 0 Å². The molecule has 0 heterocycles. The van der Waals surface area contributed by atoms with Crippen molar-refractivity contribution in [2.45, 2.75) is 77.7 Å². The Morgan fingerprint density at radius 2 is 1.91 bits per heavy atom. The van der Waals surface area contributed by atoms with Crippen LogP contribution in [-0.4, -0.2) is 22.1 Å². The maximum atomic E-state index is 11.1. The highest BCUT2D eigenvalue weighted by molar-refractivity contribution is 5.92. The predicted octanol–water partition coefficient (Wildman–Crippen LogP) is 4.22. The van der Waals surface area contributed by atoms with Gasteiger partial charge in [0, 0.05) is 5.41 Å². The largest absolute Gasteiger partial charge is 0.411 e. The van der Waals surface area contributed by atoms with Gasteiger partial charge >= 0.3 is 0 Å². The summed E-state index contributed by atoms with van der Waals surface area (Å²) < 4.78 is 0. The molecule has 0 bridgehead atoms. The summed E-state index contributed by atoms with van der Waals surface area (Å²) in [4.78, 5) is 0. The third kappa shape index (κ3) is 1.81. The van der Waals surface area contributed by atoms with Crippen molar-refractivity contribution in [1.29, 1.82) is 0 Å². The molecule has 0 spiro atoms. The number of oxime groups is 1. The smallest absolute Gasteiger partial charge is 0.0633 e. The lowest BCUT2D eigenvalue weighted by Gasteiger charge is -2.61. The van der Waals surface area contributed by atoms with Crippen molar-refractivity contribution in [3.63, 3.8) is 0 Å². The van der Waals surface area contributed by atoms with E-state index in [-0.39, 0.29) is 11.5 Å². The normalized spacial score (nSPS) is 56.3. The number of nitrogens with zero attached hydrogens (tertiary/aromatic N) is 1. The van der Waals surface area contributed by atoms with Gasteiger partial charge in [-0.2, -0.15) is 0 Å². The van der Waals surface area contributed by atoms with Gasteiger partial charge in [-0.3, -0.25) is 0 Å². The number of aliphatic hydroxyl groups is 1. The van der Waals surface area contributed by atoms with Crippen LogP contribution in [0, 0.1) is 34.5 Å². The van der Waals surface area contributed by atoms with Gasteiger partial charge in [0.2, 0.25) is 0 Å². The summed E-state index contributed by atoms with van der Waals surface area (Å²) in [5.41, 5.74) is 1.24. The fourth-order valence-corrected chi connectivity index (χ4v) is 7.37. The Morgan fingerprint density at radius 3 is 2.68 bits per heavy atom. The zero-order chi connectivity index (χ0) is 15.5.